The van der Waals surface area contributed by atoms with Crippen LogP contribution in [0, 0.1) is 0 Å². The minimum absolute atomic E-state index is 0.656. The van der Waals surface area contributed by atoms with Gasteiger partial charge in [-0.15, -0.1) is 0 Å². The molecule has 26 heavy (non-hydrogen) atoms. The van der Waals surface area contributed by atoms with Crippen LogP contribution in [0.4, 0.5) is 0 Å². The molecule has 10 heteroatoms. The number of hydrogen-bond donors (Lipinski definition) is 0. The van der Waals surface area contributed by atoms with Crippen LogP contribution in [0.25, 0.3) is 0 Å². The largest absolute Gasteiger partial charge is 0.398 e. The van der Waals surface area contributed by atoms with Gasteiger partial charge in [0.1, 0.15) is 0 Å². The minimum atomic E-state index is -1.94. The molecule has 2 atom stereocenters. The summed E-state index contributed by atoms with van der Waals surface area (Å²) in [6.07, 6.45) is 4.69. The van der Waals surface area contributed by atoms with Gasteiger partial charge in [-0.2, -0.15) is 0 Å². The third-order valence-electron chi connectivity index (χ3n) is 4.86. The van der Waals surface area contributed by atoms with Crippen molar-refractivity contribution in [1.29, 1.82) is 0 Å². The molecule has 0 saturated heterocycles. The molecular weight excluding hydrogens is 441 g/mol. The van der Waals surface area contributed by atoms with Crippen molar-refractivity contribution in [2.45, 2.75) is 75.2 Å². The third-order valence-corrected chi connectivity index (χ3v) is 18.3. The van der Waals surface area contributed by atoms with Gasteiger partial charge in [-0.05, 0) is 70.5 Å². The van der Waals surface area contributed by atoms with Gasteiger partial charge in [0.15, 0.2) is 0 Å². The van der Waals surface area contributed by atoms with E-state index in [1.54, 1.807) is 28.4 Å². The molecule has 0 heterocycles. The molecule has 0 fully saturated rings. The van der Waals surface area contributed by atoms with Gasteiger partial charge < -0.3 is 17.7 Å². The van der Waals surface area contributed by atoms with Gasteiger partial charge in [-0.3, -0.25) is 0 Å². The summed E-state index contributed by atoms with van der Waals surface area (Å²) in [7, 11) is 11.1. The average molecular weight is 479 g/mol. The van der Waals surface area contributed by atoms with Crippen LogP contribution < -0.4 is 0 Å². The second kappa shape index (κ2) is 15.5. The Morgan fingerprint density at radius 1 is 0.654 bits per heavy atom. The maximum Gasteiger partial charge on any atom is 0.334 e. The number of rotatable bonds is 17. The Morgan fingerprint density at radius 2 is 0.962 bits per heavy atom. The molecule has 0 spiro atoms. The normalized spacial score (nSPS) is 15.2. The van der Waals surface area contributed by atoms with Gasteiger partial charge in [0.05, 0.1) is 0 Å². The lowest BCUT2D eigenvalue weighted by Gasteiger charge is -2.25. The second-order valence-corrected chi connectivity index (χ2v) is 20.1. The topological polar surface area (TPSA) is 36.9 Å². The molecule has 0 N–H and O–H groups in total. The van der Waals surface area contributed by atoms with Crippen LogP contribution >= 0.6 is 41.2 Å². The fourth-order valence-corrected chi connectivity index (χ4v) is 13.1. The van der Waals surface area contributed by atoms with Crippen molar-refractivity contribution in [1.82, 2.24) is 0 Å². The monoisotopic (exact) mass is 478 g/mol. The molecule has 158 valence electrons. The van der Waals surface area contributed by atoms with Gasteiger partial charge in [0.25, 0.3) is 0 Å². The predicted octanol–water partition coefficient (Wildman–Crippen LogP) is 6.73. The molecule has 0 aliphatic rings. The van der Waals surface area contributed by atoms with Crippen molar-refractivity contribution in [3.8, 4) is 0 Å². The Balaban J connectivity index is 4.11. The first-order chi connectivity index (χ1) is 12.3. The van der Waals surface area contributed by atoms with Gasteiger partial charge in [-0.25, -0.2) is 0 Å². The van der Waals surface area contributed by atoms with E-state index in [9.17, 15) is 0 Å². The Labute approximate surface area is 179 Å². The van der Waals surface area contributed by atoms with Crippen LogP contribution in [0.2, 0.25) is 25.2 Å². The summed E-state index contributed by atoms with van der Waals surface area (Å²) in [6.45, 7) is 8.82. The van der Waals surface area contributed by atoms with E-state index >= 15 is 0 Å². The minimum Gasteiger partial charge on any atom is -0.398 e. The highest BCUT2D eigenvalue weighted by molar-refractivity contribution is 9.26. The van der Waals surface area contributed by atoms with E-state index in [1.807, 2.05) is 41.2 Å². The molecule has 0 saturated carbocycles. The molecule has 0 aliphatic heterocycles. The summed E-state index contributed by atoms with van der Waals surface area (Å²) >= 11 is 0. The van der Waals surface area contributed by atoms with E-state index in [0.717, 1.165) is 24.9 Å². The third kappa shape index (κ3) is 11.6. The Bertz CT molecular complexity index is 316. The summed E-state index contributed by atoms with van der Waals surface area (Å²) in [5, 5.41) is 1.31. The highest BCUT2D eigenvalue weighted by Gasteiger charge is 2.30. The van der Waals surface area contributed by atoms with Crippen molar-refractivity contribution in [3.63, 3.8) is 0 Å². The summed E-state index contributed by atoms with van der Waals surface area (Å²) < 4.78 is 22.4. The molecule has 0 radical (unpaired) electrons. The zero-order valence-electron chi connectivity index (χ0n) is 17.7. The first kappa shape index (κ1) is 27.7. The standard InChI is InChI=1S/C16H38O4S4Si2/c1-9-15(11-13-25(7,17-3)18-4)21-23-24-22-16(10-2)12-14-26(8,19-5)20-6/h15-16H,9-14H2,1-8H3. The summed E-state index contributed by atoms with van der Waals surface area (Å²) in [4.78, 5) is 0. The molecule has 0 aliphatic carbocycles. The van der Waals surface area contributed by atoms with Crippen LogP contribution in [0.15, 0.2) is 0 Å². The first-order valence-electron chi connectivity index (χ1n) is 9.18. The molecule has 4 nitrogen and oxygen atoms in total. The Morgan fingerprint density at radius 3 is 1.19 bits per heavy atom. The lowest BCUT2D eigenvalue weighted by molar-refractivity contribution is 0.248. The van der Waals surface area contributed by atoms with Crippen molar-refractivity contribution < 1.29 is 17.7 Å². The number of hydrogen-bond acceptors (Lipinski definition) is 8. The van der Waals surface area contributed by atoms with Crippen molar-refractivity contribution in [2.75, 3.05) is 28.4 Å². The van der Waals surface area contributed by atoms with E-state index in [1.165, 1.54) is 12.8 Å². The zero-order chi connectivity index (χ0) is 20.1. The molecule has 0 bridgehead atoms. The van der Waals surface area contributed by atoms with Crippen LogP contribution in [0.3, 0.4) is 0 Å². The Kier molecular flexibility index (Phi) is 16.5. The molecule has 0 rings (SSSR count). The fourth-order valence-electron chi connectivity index (χ4n) is 2.21. The summed E-state index contributed by atoms with van der Waals surface area (Å²) in [6, 6.07) is 2.11. The summed E-state index contributed by atoms with van der Waals surface area (Å²) in [5.74, 6) is 0. The van der Waals surface area contributed by atoms with E-state index in [2.05, 4.69) is 26.9 Å². The van der Waals surface area contributed by atoms with Crippen LogP contribution in [-0.4, -0.2) is 56.1 Å². The van der Waals surface area contributed by atoms with Gasteiger partial charge in [-0.1, -0.05) is 35.4 Å². The van der Waals surface area contributed by atoms with Gasteiger partial charge in [0.2, 0.25) is 0 Å². The van der Waals surface area contributed by atoms with Crippen LogP contribution in [0.5, 0.6) is 0 Å². The van der Waals surface area contributed by atoms with Gasteiger partial charge in [0, 0.05) is 38.9 Å². The maximum absolute atomic E-state index is 5.60. The molecular formula is C16H38O4S4Si2. The smallest absolute Gasteiger partial charge is 0.334 e. The van der Waals surface area contributed by atoms with E-state index < -0.39 is 17.1 Å². The highest BCUT2D eigenvalue weighted by Crippen LogP contribution is 2.49. The van der Waals surface area contributed by atoms with Crippen molar-refractivity contribution in [3.05, 3.63) is 0 Å². The van der Waals surface area contributed by atoms with Crippen LogP contribution in [-0.2, 0) is 17.7 Å². The quantitative estimate of drug-likeness (QED) is 0.129. The average Bonchev–Trinajstić information content (AvgIpc) is 2.68. The molecule has 2 unspecified atom stereocenters. The molecule has 0 aromatic heterocycles. The molecule has 0 aromatic carbocycles. The lowest BCUT2D eigenvalue weighted by Crippen LogP contribution is -2.36. The fraction of sp³-hybridized carbons (Fsp3) is 1.00. The van der Waals surface area contributed by atoms with Crippen LogP contribution in [0.1, 0.15) is 39.5 Å². The van der Waals surface area contributed by atoms with Crippen molar-refractivity contribution in [2.24, 2.45) is 0 Å². The van der Waals surface area contributed by atoms with Crippen molar-refractivity contribution >= 4 is 58.4 Å². The maximum atomic E-state index is 5.60. The lowest BCUT2D eigenvalue weighted by atomic mass is 10.3. The first-order valence-corrected chi connectivity index (χ1v) is 19.2. The van der Waals surface area contributed by atoms with E-state index in [4.69, 9.17) is 17.7 Å². The van der Waals surface area contributed by atoms with E-state index in [0.29, 0.717) is 10.5 Å². The molecule has 0 aromatic rings. The molecule has 0 amide bonds. The summed E-state index contributed by atoms with van der Waals surface area (Å²) in [5.41, 5.74) is 0. The predicted molar refractivity (Wildman–Crippen MR) is 129 cm³/mol. The van der Waals surface area contributed by atoms with E-state index in [-0.39, 0.29) is 0 Å². The Hall–Kier alpha value is 1.67. The SMILES string of the molecule is CCC(CC[Si](C)(OC)OC)SSSSC(CC)CC[Si](C)(OC)OC. The highest BCUT2D eigenvalue weighted by atomic mass is 33.7. The second-order valence-electron chi connectivity index (χ2n) is 6.55. The van der Waals surface area contributed by atoms with Gasteiger partial charge >= 0.3 is 17.1 Å². The zero-order valence-corrected chi connectivity index (χ0v) is 22.9.